The monoisotopic (exact) mass is 304 g/mol. The largest absolute Gasteiger partial charge is 0.320 e. The van der Waals surface area contributed by atoms with E-state index in [2.05, 4.69) is 17.2 Å². The zero-order valence-electron chi connectivity index (χ0n) is 10.9. The number of hydrogen-bond donors (Lipinski definition) is 2. The van der Waals surface area contributed by atoms with Crippen molar-refractivity contribution in [2.24, 2.45) is 5.73 Å². The Kier molecular flexibility index (Phi) is 4.80. The molecular weight excluding hydrogens is 292 g/mol. The predicted octanol–water partition coefficient (Wildman–Crippen LogP) is 3.27. The minimum atomic E-state index is -0.191. The van der Waals surface area contributed by atoms with Crippen LogP contribution >= 0.6 is 22.9 Å². The van der Waals surface area contributed by atoms with E-state index in [1.54, 1.807) is 18.2 Å². The Hall–Kier alpha value is -1.80. The Morgan fingerprint density at radius 1 is 1.40 bits per heavy atom. The molecule has 0 aliphatic carbocycles. The topological polar surface area (TPSA) is 55.1 Å². The third kappa shape index (κ3) is 3.61. The number of hydrogen-bond acceptors (Lipinski definition) is 3. The second-order valence-electron chi connectivity index (χ2n) is 4.11. The van der Waals surface area contributed by atoms with Crippen molar-refractivity contribution in [1.29, 1.82) is 0 Å². The van der Waals surface area contributed by atoms with Gasteiger partial charge in [-0.2, -0.15) is 0 Å². The zero-order chi connectivity index (χ0) is 14.5. The van der Waals surface area contributed by atoms with Gasteiger partial charge in [0.25, 0.3) is 5.91 Å². The summed E-state index contributed by atoms with van der Waals surface area (Å²) in [4.78, 5) is 13.5. The number of carbonyl (C=O) groups is 1. The van der Waals surface area contributed by atoms with E-state index in [0.29, 0.717) is 22.1 Å². The maximum absolute atomic E-state index is 12.1. The van der Waals surface area contributed by atoms with Crippen LogP contribution in [0.25, 0.3) is 0 Å². The van der Waals surface area contributed by atoms with E-state index in [-0.39, 0.29) is 5.91 Å². The van der Waals surface area contributed by atoms with Gasteiger partial charge in [0.15, 0.2) is 0 Å². The van der Waals surface area contributed by atoms with E-state index in [1.807, 2.05) is 19.1 Å². The van der Waals surface area contributed by atoms with Gasteiger partial charge in [-0.15, -0.1) is 11.3 Å². The Balaban J connectivity index is 2.15. The lowest BCUT2D eigenvalue weighted by Gasteiger charge is -2.06. The summed E-state index contributed by atoms with van der Waals surface area (Å²) >= 11 is 7.38. The first-order valence-corrected chi connectivity index (χ1v) is 7.16. The maximum Gasteiger partial charge on any atom is 0.265 e. The maximum atomic E-state index is 12.1. The molecule has 3 nitrogen and oxygen atoms in total. The summed E-state index contributed by atoms with van der Waals surface area (Å²) in [6, 6.07) is 9.04. The molecule has 0 saturated carbocycles. The molecule has 2 aromatic rings. The standard InChI is InChI=1S/C15H13ClN2OS/c1-10-4-6-12(16)13(9-10)18-15(19)14-7-5-11(20-14)3-2-8-17/h4-7,9H,8,17H2,1H3,(H,18,19). The molecule has 0 saturated heterocycles. The van der Waals surface area contributed by atoms with Crippen LogP contribution in [0.2, 0.25) is 5.02 Å². The molecule has 1 aromatic heterocycles. The fraction of sp³-hybridized carbons (Fsp3) is 0.133. The second-order valence-corrected chi connectivity index (χ2v) is 5.60. The third-order valence-electron chi connectivity index (χ3n) is 2.51. The lowest BCUT2D eigenvalue weighted by molar-refractivity contribution is 0.103. The summed E-state index contributed by atoms with van der Waals surface area (Å²) in [6.07, 6.45) is 0. The molecule has 0 radical (unpaired) electrons. The van der Waals surface area contributed by atoms with Gasteiger partial charge < -0.3 is 11.1 Å². The number of nitrogens with two attached hydrogens (primary N) is 1. The quantitative estimate of drug-likeness (QED) is 0.837. The number of benzene rings is 1. The Labute approximate surface area is 126 Å². The van der Waals surface area contributed by atoms with Crippen molar-refractivity contribution in [3.63, 3.8) is 0 Å². The van der Waals surface area contributed by atoms with Crippen LogP contribution in [0.5, 0.6) is 0 Å². The number of amides is 1. The van der Waals surface area contributed by atoms with Crippen molar-refractivity contribution in [1.82, 2.24) is 0 Å². The van der Waals surface area contributed by atoms with Gasteiger partial charge in [-0.3, -0.25) is 4.79 Å². The van der Waals surface area contributed by atoms with Crippen LogP contribution < -0.4 is 11.1 Å². The first-order valence-electron chi connectivity index (χ1n) is 5.96. The molecule has 0 unspecified atom stereocenters. The summed E-state index contributed by atoms with van der Waals surface area (Å²) in [5.41, 5.74) is 6.96. The van der Waals surface area contributed by atoms with Gasteiger partial charge in [0.1, 0.15) is 0 Å². The van der Waals surface area contributed by atoms with Crippen molar-refractivity contribution in [3.05, 3.63) is 50.7 Å². The van der Waals surface area contributed by atoms with Gasteiger partial charge in [0, 0.05) is 0 Å². The summed E-state index contributed by atoms with van der Waals surface area (Å²) < 4.78 is 0. The fourth-order valence-corrected chi connectivity index (χ4v) is 2.52. The van der Waals surface area contributed by atoms with Gasteiger partial charge in [-0.1, -0.05) is 29.5 Å². The van der Waals surface area contributed by atoms with Gasteiger partial charge in [0.05, 0.1) is 27.0 Å². The molecule has 0 bridgehead atoms. The summed E-state index contributed by atoms with van der Waals surface area (Å²) in [5.74, 6) is 5.47. The highest BCUT2D eigenvalue weighted by Gasteiger charge is 2.11. The Bertz CT molecular complexity index is 697. The summed E-state index contributed by atoms with van der Waals surface area (Å²) in [5, 5.41) is 3.32. The lowest BCUT2D eigenvalue weighted by Crippen LogP contribution is -2.10. The number of aryl methyl sites for hydroxylation is 1. The third-order valence-corrected chi connectivity index (χ3v) is 3.84. The van der Waals surface area contributed by atoms with Crippen molar-refractivity contribution in [2.75, 3.05) is 11.9 Å². The van der Waals surface area contributed by atoms with E-state index in [1.165, 1.54) is 11.3 Å². The normalized spacial score (nSPS) is 9.75. The van der Waals surface area contributed by atoms with Crippen molar-refractivity contribution in [3.8, 4) is 11.8 Å². The Morgan fingerprint density at radius 2 is 2.20 bits per heavy atom. The molecule has 5 heteroatoms. The van der Waals surface area contributed by atoms with Gasteiger partial charge >= 0.3 is 0 Å². The zero-order valence-corrected chi connectivity index (χ0v) is 12.4. The molecule has 0 spiro atoms. The first kappa shape index (κ1) is 14.6. The first-order chi connectivity index (χ1) is 9.60. The SMILES string of the molecule is Cc1ccc(Cl)c(NC(=O)c2ccc(C#CCN)s2)c1. The highest BCUT2D eigenvalue weighted by molar-refractivity contribution is 7.14. The van der Waals surface area contributed by atoms with Crippen LogP contribution in [0.15, 0.2) is 30.3 Å². The number of rotatable bonds is 2. The van der Waals surface area contributed by atoms with Crippen molar-refractivity contribution in [2.45, 2.75) is 6.92 Å². The molecular formula is C15H13ClN2OS. The van der Waals surface area contributed by atoms with Gasteiger partial charge in [-0.25, -0.2) is 0 Å². The highest BCUT2D eigenvalue weighted by atomic mass is 35.5. The Morgan fingerprint density at radius 3 is 2.95 bits per heavy atom. The minimum absolute atomic E-state index is 0.191. The minimum Gasteiger partial charge on any atom is -0.320 e. The number of carbonyl (C=O) groups excluding carboxylic acids is 1. The van der Waals surface area contributed by atoms with Crippen LogP contribution in [0.4, 0.5) is 5.69 Å². The molecule has 102 valence electrons. The summed E-state index contributed by atoms with van der Waals surface area (Å²) in [7, 11) is 0. The van der Waals surface area contributed by atoms with Crippen LogP contribution in [-0.2, 0) is 0 Å². The van der Waals surface area contributed by atoms with Crippen molar-refractivity contribution >= 4 is 34.5 Å². The van der Waals surface area contributed by atoms with E-state index in [4.69, 9.17) is 17.3 Å². The van der Waals surface area contributed by atoms with E-state index >= 15 is 0 Å². The molecule has 1 aromatic carbocycles. The van der Waals surface area contributed by atoms with E-state index < -0.39 is 0 Å². The highest BCUT2D eigenvalue weighted by Crippen LogP contribution is 2.24. The average Bonchev–Trinajstić information content (AvgIpc) is 2.89. The lowest BCUT2D eigenvalue weighted by atomic mass is 10.2. The predicted molar refractivity (Wildman–Crippen MR) is 84.4 cm³/mol. The molecule has 3 N–H and O–H groups in total. The molecule has 2 rings (SSSR count). The average molecular weight is 305 g/mol. The van der Waals surface area contributed by atoms with Gasteiger partial charge in [-0.05, 0) is 36.8 Å². The molecule has 20 heavy (non-hydrogen) atoms. The molecule has 0 atom stereocenters. The molecule has 0 aliphatic heterocycles. The number of thiophene rings is 1. The van der Waals surface area contributed by atoms with Crippen LogP contribution in [0.3, 0.4) is 0 Å². The number of nitrogens with one attached hydrogen (secondary N) is 1. The smallest absolute Gasteiger partial charge is 0.265 e. The van der Waals surface area contributed by atoms with Crippen LogP contribution in [0.1, 0.15) is 20.1 Å². The van der Waals surface area contributed by atoms with Gasteiger partial charge in [0.2, 0.25) is 0 Å². The number of anilines is 1. The molecule has 0 aliphatic rings. The molecule has 1 amide bonds. The fourth-order valence-electron chi connectivity index (χ4n) is 1.58. The molecule has 0 fully saturated rings. The van der Waals surface area contributed by atoms with Crippen LogP contribution in [-0.4, -0.2) is 12.5 Å². The second kappa shape index (κ2) is 6.58. The van der Waals surface area contributed by atoms with E-state index in [0.717, 1.165) is 10.4 Å². The number of halogens is 1. The van der Waals surface area contributed by atoms with Crippen LogP contribution in [0, 0.1) is 18.8 Å². The molecule has 1 heterocycles. The van der Waals surface area contributed by atoms with Crippen molar-refractivity contribution < 1.29 is 4.79 Å². The summed E-state index contributed by atoms with van der Waals surface area (Å²) in [6.45, 7) is 2.25. The van der Waals surface area contributed by atoms with E-state index in [9.17, 15) is 4.79 Å².